The Bertz CT molecular complexity index is 1900. The number of carbonyl (C=O) groups excluding carboxylic acids is 1. The summed E-state index contributed by atoms with van der Waals surface area (Å²) in [6.45, 7) is 4.47. The predicted molar refractivity (Wildman–Crippen MR) is 181 cm³/mol. The van der Waals surface area contributed by atoms with Crippen LogP contribution in [0.2, 0.25) is 0 Å². The molecule has 5 aromatic rings. The van der Waals surface area contributed by atoms with Crippen LogP contribution in [0.25, 0.3) is 23.0 Å². The number of aromatic nitrogens is 2. The molecule has 9 heteroatoms. The van der Waals surface area contributed by atoms with Crippen LogP contribution in [0.4, 0.5) is 4.39 Å². The number of hydrogen-bond acceptors (Lipinski definition) is 6. The number of benzene rings is 4. The molecule has 2 aliphatic heterocycles. The smallest absolute Gasteiger partial charge is 0.286 e. The van der Waals surface area contributed by atoms with Gasteiger partial charge in [-0.2, -0.15) is 10.1 Å². The maximum atomic E-state index is 14.2. The molecule has 1 amide bonds. The summed E-state index contributed by atoms with van der Waals surface area (Å²) in [7, 11) is 0. The first kappa shape index (κ1) is 29.7. The summed E-state index contributed by atoms with van der Waals surface area (Å²) in [4.78, 5) is 22.8. The third-order valence-corrected chi connectivity index (χ3v) is 9.06. The standard InChI is InChI=1S/C37H32FN5O2S/c38-33-17-8-7-12-29(33)26-45-32-16-9-13-28(22-32)35-30(25-43(40-35)31-14-5-2-6-15-31)23-34-36(44)39-37(46-34)42-20-18-41(19-21-42)24-27-10-3-1-4-11-27/h1-17,22-23,25H,18-21,24,26H2/b34-23-. The summed E-state index contributed by atoms with van der Waals surface area (Å²) in [5.74, 6) is 0.0487. The average molecular weight is 630 g/mol. The minimum absolute atomic E-state index is 0.108. The first-order valence-corrected chi connectivity index (χ1v) is 16.1. The number of nitrogens with zero attached hydrogens (tertiary/aromatic N) is 5. The van der Waals surface area contributed by atoms with E-state index in [0.29, 0.717) is 21.9 Å². The fraction of sp³-hybridized carbons (Fsp3) is 0.162. The number of hydrogen-bond donors (Lipinski definition) is 0. The summed E-state index contributed by atoms with van der Waals surface area (Å²) in [5.41, 5.74) is 4.99. The van der Waals surface area contributed by atoms with Crippen molar-refractivity contribution in [3.05, 3.63) is 143 Å². The van der Waals surface area contributed by atoms with Crippen LogP contribution in [0.5, 0.6) is 5.75 Å². The van der Waals surface area contributed by atoms with Gasteiger partial charge in [-0.1, -0.05) is 78.9 Å². The van der Waals surface area contributed by atoms with E-state index in [9.17, 15) is 9.18 Å². The van der Waals surface area contributed by atoms with Gasteiger partial charge >= 0.3 is 0 Å². The Balaban J connectivity index is 1.10. The SMILES string of the molecule is O=C1N=C(N2CCN(Cc3ccccc3)CC2)S/C1=C\c1cn(-c2ccccc2)nc1-c1cccc(OCc2ccccc2F)c1. The Morgan fingerprint density at radius 1 is 0.848 bits per heavy atom. The van der Waals surface area contributed by atoms with Crippen LogP contribution in [-0.2, 0) is 17.9 Å². The van der Waals surface area contributed by atoms with E-state index in [4.69, 9.17) is 9.84 Å². The van der Waals surface area contributed by atoms with Crippen molar-refractivity contribution in [1.82, 2.24) is 19.6 Å². The highest BCUT2D eigenvalue weighted by Crippen LogP contribution is 2.34. The van der Waals surface area contributed by atoms with Crippen LogP contribution in [0.3, 0.4) is 0 Å². The van der Waals surface area contributed by atoms with Crippen LogP contribution >= 0.6 is 11.8 Å². The van der Waals surface area contributed by atoms with Gasteiger partial charge in [0.15, 0.2) is 5.17 Å². The van der Waals surface area contributed by atoms with Gasteiger partial charge in [-0.15, -0.1) is 0 Å². The molecule has 1 aromatic heterocycles. The van der Waals surface area contributed by atoms with Crippen LogP contribution in [0, 0.1) is 5.82 Å². The lowest BCUT2D eigenvalue weighted by molar-refractivity contribution is -0.113. The Labute approximate surface area is 271 Å². The molecule has 2 aliphatic rings. The largest absolute Gasteiger partial charge is 0.489 e. The minimum Gasteiger partial charge on any atom is -0.489 e. The van der Waals surface area contributed by atoms with E-state index >= 15 is 0 Å². The number of para-hydroxylation sites is 1. The highest BCUT2D eigenvalue weighted by atomic mass is 32.2. The number of rotatable bonds is 8. The van der Waals surface area contributed by atoms with Gasteiger partial charge in [0.2, 0.25) is 0 Å². The molecule has 0 N–H and O–H groups in total. The van der Waals surface area contributed by atoms with E-state index in [1.807, 2.05) is 77.6 Å². The number of halogens is 1. The summed E-state index contributed by atoms with van der Waals surface area (Å²) in [5, 5.41) is 5.67. The predicted octanol–water partition coefficient (Wildman–Crippen LogP) is 7.05. The Morgan fingerprint density at radius 3 is 2.37 bits per heavy atom. The molecule has 0 atom stereocenters. The zero-order valence-electron chi connectivity index (χ0n) is 25.1. The van der Waals surface area contributed by atoms with E-state index in [1.54, 1.807) is 18.2 Å². The summed E-state index contributed by atoms with van der Waals surface area (Å²) in [6, 6.07) is 34.5. The summed E-state index contributed by atoms with van der Waals surface area (Å²) < 4.78 is 22.0. The molecule has 0 saturated carbocycles. The highest BCUT2D eigenvalue weighted by Gasteiger charge is 2.29. The summed E-state index contributed by atoms with van der Waals surface area (Å²) >= 11 is 1.42. The van der Waals surface area contributed by atoms with Gasteiger partial charge in [-0.25, -0.2) is 9.07 Å². The van der Waals surface area contributed by atoms with Crippen LogP contribution in [-0.4, -0.2) is 56.8 Å². The molecule has 4 aromatic carbocycles. The molecule has 46 heavy (non-hydrogen) atoms. The molecule has 7 rings (SSSR count). The quantitative estimate of drug-likeness (QED) is 0.172. The lowest BCUT2D eigenvalue weighted by Gasteiger charge is -2.35. The zero-order valence-corrected chi connectivity index (χ0v) is 25.9. The van der Waals surface area contributed by atoms with Crippen LogP contribution < -0.4 is 4.74 Å². The second-order valence-electron chi connectivity index (χ2n) is 11.2. The number of aliphatic imine (C=N–C) groups is 1. The fourth-order valence-corrected chi connectivity index (χ4v) is 6.51. The van der Waals surface area contributed by atoms with E-state index in [1.165, 1.54) is 23.4 Å². The van der Waals surface area contributed by atoms with Gasteiger partial charge in [0.05, 0.1) is 10.6 Å². The van der Waals surface area contributed by atoms with Crippen molar-refractivity contribution in [2.24, 2.45) is 4.99 Å². The minimum atomic E-state index is -0.302. The van der Waals surface area contributed by atoms with Crippen molar-refractivity contribution in [3.8, 4) is 22.7 Å². The van der Waals surface area contributed by atoms with E-state index < -0.39 is 0 Å². The van der Waals surface area contributed by atoms with Gasteiger partial charge in [-0.05, 0) is 53.7 Å². The topological polar surface area (TPSA) is 63.0 Å². The van der Waals surface area contributed by atoms with Crippen molar-refractivity contribution in [2.75, 3.05) is 26.2 Å². The van der Waals surface area contributed by atoms with Crippen molar-refractivity contribution in [3.63, 3.8) is 0 Å². The van der Waals surface area contributed by atoms with Gasteiger partial charge in [0.1, 0.15) is 23.9 Å². The number of ether oxygens (including phenoxy) is 1. The normalized spacial score (nSPS) is 16.2. The molecule has 0 spiro atoms. The third-order valence-electron chi connectivity index (χ3n) is 8.01. The second-order valence-corrected chi connectivity index (χ2v) is 12.2. The average Bonchev–Trinajstić information content (AvgIpc) is 3.69. The highest BCUT2D eigenvalue weighted by molar-refractivity contribution is 8.18. The molecule has 3 heterocycles. The monoisotopic (exact) mass is 629 g/mol. The number of amides is 1. The van der Waals surface area contributed by atoms with Crippen molar-refractivity contribution in [2.45, 2.75) is 13.2 Å². The number of carbonyl (C=O) groups is 1. The summed E-state index contributed by atoms with van der Waals surface area (Å²) in [6.07, 6.45) is 3.81. The molecule has 0 aliphatic carbocycles. The van der Waals surface area contributed by atoms with E-state index in [0.717, 1.165) is 54.7 Å². The zero-order chi connectivity index (χ0) is 31.3. The van der Waals surface area contributed by atoms with Crippen molar-refractivity contribution < 1.29 is 13.9 Å². The lowest BCUT2D eigenvalue weighted by Crippen LogP contribution is -2.47. The number of thioether (sulfide) groups is 1. The van der Waals surface area contributed by atoms with Gasteiger partial charge in [0.25, 0.3) is 5.91 Å². The van der Waals surface area contributed by atoms with Gasteiger partial charge in [-0.3, -0.25) is 9.69 Å². The molecule has 0 radical (unpaired) electrons. The van der Waals surface area contributed by atoms with Crippen LogP contribution in [0.1, 0.15) is 16.7 Å². The van der Waals surface area contributed by atoms with Crippen LogP contribution in [0.15, 0.2) is 125 Å². The van der Waals surface area contributed by atoms with Crippen molar-refractivity contribution >= 4 is 28.9 Å². The fourth-order valence-electron chi connectivity index (χ4n) is 5.55. The molecular formula is C37H32FN5O2S. The molecule has 0 bridgehead atoms. The lowest BCUT2D eigenvalue weighted by atomic mass is 10.1. The molecule has 1 saturated heterocycles. The molecule has 1 fully saturated rings. The maximum Gasteiger partial charge on any atom is 0.286 e. The van der Waals surface area contributed by atoms with Gasteiger partial charge in [0, 0.05) is 55.6 Å². The molecule has 7 nitrogen and oxygen atoms in total. The maximum absolute atomic E-state index is 14.2. The van der Waals surface area contributed by atoms with Crippen molar-refractivity contribution in [1.29, 1.82) is 0 Å². The second kappa shape index (κ2) is 13.6. The molecular weight excluding hydrogens is 598 g/mol. The van der Waals surface area contributed by atoms with E-state index in [-0.39, 0.29) is 18.3 Å². The Morgan fingerprint density at radius 2 is 1.59 bits per heavy atom. The number of amidine groups is 1. The third kappa shape index (κ3) is 6.80. The molecule has 230 valence electrons. The number of piperazine rings is 1. The first-order chi connectivity index (χ1) is 22.6. The Hall–Kier alpha value is -4.99. The Kier molecular flexibility index (Phi) is 8.76. The van der Waals surface area contributed by atoms with E-state index in [2.05, 4.69) is 39.1 Å². The van der Waals surface area contributed by atoms with Gasteiger partial charge < -0.3 is 9.64 Å². The first-order valence-electron chi connectivity index (χ1n) is 15.2. The molecule has 0 unspecified atom stereocenters.